The Bertz CT molecular complexity index is 754. The predicted octanol–water partition coefficient (Wildman–Crippen LogP) is 2.75. The van der Waals surface area contributed by atoms with E-state index in [0.717, 1.165) is 11.5 Å². The van der Waals surface area contributed by atoms with Crippen LogP contribution in [0.5, 0.6) is 17.2 Å². The Morgan fingerprint density at radius 2 is 0.815 bits per heavy atom. The van der Waals surface area contributed by atoms with Gasteiger partial charge in [-0.1, -0.05) is 36.4 Å². The third-order valence-corrected chi connectivity index (χ3v) is 3.93. The van der Waals surface area contributed by atoms with Gasteiger partial charge in [0.15, 0.2) is 0 Å². The monoisotopic (exact) mass is 366 g/mol. The Balaban J connectivity index is 0.000000208. The number of methoxy groups -OCH3 is 3. The molecular formula is C21H23BO5. The second-order valence-corrected chi connectivity index (χ2v) is 5.60. The zero-order valence-electron chi connectivity index (χ0n) is 15.6. The molecule has 0 fully saturated rings. The van der Waals surface area contributed by atoms with E-state index in [9.17, 15) is 0 Å². The summed E-state index contributed by atoms with van der Waals surface area (Å²) in [4.78, 5) is 0. The van der Waals surface area contributed by atoms with Crippen LogP contribution in [0.25, 0.3) is 11.1 Å². The lowest BCUT2D eigenvalue weighted by Crippen LogP contribution is -2.29. The van der Waals surface area contributed by atoms with Crippen molar-refractivity contribution in [3.05, 3.63) is 72.8 Å². The molecule has 0 heterocycles. The molecule has 0 aromatic heterocycles. The lowest BCUT2D eigenvalue weighted by atomic mass is 9.80. The van der Waals surface area contributed by atoms with Gasteiger partial charge in [0.05, 0.1) is 21.3 Å². The molecule has 0 amide bonds. The Morgan fingerprint density at radius 3 is 1.07 bits per heavy atom. The van der Waals surface area contributed by atoms with Crippen molar-refractivity contribution in [3.8, 4) is 28.4 Å². The number of benzene rings is 3. The van der Waals surface area contributed by atoms with E-state index >= 15 is 0 Å². The first-order valence-corrected chi connectivity index (χ1v) is 8.36. The maximum Gasteiger partial charge on any atom is 0.488 e. The molecule has 3 rings (SSSR count). The maximum absolute atomic E-state index is 8.70. The highest BCUT2D eigenvalue weighted by atomic mass is 16.5. The third-order valence-electron chi connectivity index (χ3n) is 3.93. The summed E-state index contributed by atoms with van der Waals surface area (Å²) in [6.45, 7) is 0. The molecule has 3 aromatic rings. The molecule has 5 nitrogen and oxygen atoms in total. The van der Waals surface area contributed by atoms with Crippen molar-refractivity contribution in [1.29, 1.82) is 0 Å². The summed E-state index contributed by atoms with van der Waals surface area (Å²) in [6, 6.07) is 22.6. The van der Waals surface area contributed by atoms with Crippen LogP contribution in [-0.2, 0) is 0 Å². The molecular weight excluding hydrogens is 343 g/mol. The second kappa shape index (κ2) is 10.3. The van der Waals surface area contributed by atoms with Gasteiger partial charge in [-0.2, -0.15) is 0 Å². The molecule has 0 atom stereocenters. The summed E-state index contributed by atoms with van der Waals surface area (Å²) in [7, 11) is 3.50. The van der Waals surface area contributed by atoms with E-state index in [1.165, 1.54) is 11.1 Å². The van der Waals surface area contributed by atoms with Crippen molar-refractivity contribution in [2.24, 2.45) is 0 Å². The van der Waals surface area contributed by atoms with Gasteiger partial charge in [0.25, 0.3) is 0 Å². The highest BCUT2D eigenvalue weighted by Crippen LogP contribution is 2.24. The minimum atomic E-state index is -1.40. The van der Waals surface area contributed by atoms with Crippen molar-refractivity contribution in [2.45, 2.75) is 0 Å². The van der Waals surface area contributed by atoms with Crippen LogP contribution < -0.4 is 19.7 Å². The largest absolute Gasteiger partial charge is 0.497 e. The van der Waals surface area contributed by atoms with Gasteiger partial charge in [0, 0.05) is 0 Å². The van der Waals surface area contributed by atoms with Crippen LogP contribution in [0, 0.1) is 0 Å². The van der Waals surface area contributed by atoms with Crippen molar-refractivity contribution in [3.63, 3.8) is 0 Å². The van der Waals surface area contributed by atoms with E-state index in [4.69, 9.17) is 24.3 Å². The van der Waals surface area contributed by atoms with Crippen LogP contribution >= 0.6 is 0 Å². The second-order valence-electron chi connectivity index (χ2n) is 5.60. The first-order valence-electron chi connectivity index (χ1n) is 8.36. The van der Waals surface area contributed by atoms with E-state index < -0.39 is 7.12 Å². The molecule has 6 heteroatoms. The third kappa shape index (κ3) is 6.06. The van der Waals surface area contributed by atoms with Crippen molar-refractivity contribution >= 4 is 12.6 Å². The molecule has 0 aliphatic carbocycles. The van der Waals surface area contributed by atoms with Crippen LogP contribution in [0.3, 0.4) is 0 Å². The molecule has 3 aromatic carbocycles. The summed E-state index contributed by atoms with van der Waals surface area (Å²) in [5.41, 5.74) is 2.80. The summed E-state index contributed by atoms with van der Waals surface area (Å²) in [5.74, 6) is 2.45. The van der Waals surface area contributed by atoms with Gasteiger partial charge in [-0.3, -0.25) is 0 Å². The molecule has 0 saturated carbocycles. The standard InChI is InChI=1S/C14H14O2.C7H9BO3/c1-15-13-7-3-11(4-8-13)12-5-9-14(16-2)10-6-12;1-11-7-4-2-6(3-5-7)8(9)10/h3-10H,1-2H3;2-5,9-10H,1H3. The van der Waals surface area contributed by atoms with Crippen molar-refractivity contribution < 1.29 is 24.3 Å². The summed E-state index contributed by atoms with van der Waals surface area (Å²) in [5, 5.41) is 17.4. The highest BCUT2D eigenvalue weighted by molar-refractivity contribution is 6.58. The van der Waals surface area contributed by atoms with Gasteiger partial charge in [-0.15, -0.1) is 0 Å². The van der Waals surface area contributed by atoms with Crippen LogP contribution in [-0.4, -0.2) is 38.5 Å². The van der Waals surface area contributed by atoms with Gasteiger partial charge in [-0.05, 0) is 53.0 Å². The fourth-order valence-electron chi connectivity index (χ4n) is 2.34. The van der Waals surface area contributed by atoms with Gasteiger partial charge < -0.3 is 24.3 Å². The highest BCUT2D eigenvalue weighted by Gasteiger charge is 2.09. The average molecular weight is 366 g/mol. The number of rotatable bonds is 5. The number of ether oxygens (including phenoxy) is 3. The Morgan fingerprint density at radius 1 is 0.519 bits per heavy atom. The Kier molecular flexibility index (Phi) is 7.73. The van der Waals surface area contributed by atoms with Crippen molar-refractivity contribution in [1.82, 2.24) is 0 Å². The number of hydrogen-bond donors (Lipinski definition) is 2. The maximum atomic E-state index is 8.70. The van der Waals surface area contributed by atoms with Crippen LogP contribution in [0.1, 0.15) is 0 Å². The van der Waals surface area contributed by atoms with Crippen molar-refractivity contribution in [2.75, 3.05) is 21.3 Å². The fourth-order valence-corrected chi connectivity index (χ4v) is 2.34. The molecule has 0 spiro atoms. The molecule has 0 aliphatic rings. The minimum absolute atomic E-state index is 0.464. The minimum Gasteiger partial charge on any atom is -0.497 e. The number of hydrogen-bond acceptors (Lipinski definition) is 5. The Labute approximate surface area is 159 Å². The zero-order valence-corrected chi connectivity index (χ0v) is 15.6. The van der Waals surface area contributed by atoms with Gasteiger partial charge in [0.1, 0.15) is 17.2 Å². The lowest BCUT2D eigenvalue weighted by Gasteiger charge is -2.05. The first-order chi connectivity index (χ1) is 13.1. The van der Waals surface area contributed by atoms with E-state index in [0.29, 0.717) is 11.2 Å². The summed E-state index contributed by atoms with van der Waals surface area (Å²) in [6.07, 6.45) is 0. The van der Waals surface area contributed by atoms with E-state index in [1.54, 1.807) is 45.6 Å². The summed E-state index contributed by atoms with van der Waals surface area (Å²) < 4.78 is 15.1. The smallest absolute Gasteiger partial charge is 0.488 e. The average Bonchev–Trinajstić information content (AvgIpc) is 2.74. The fraction of sp³-hybridized carbons (Fsp3) is 0.143. The van der Waals surface area contributed by atoms with Crippen LogP contribution in [0.15, 0.2) is 72.8 Å². The molecule has 27 heavy (non-hydrogen) atoms. The molecule has 0 radical (unpaired) electrons. The molecule has 2 N–H and O–H groups in total. The van der Waals surface area contributed by atoms with E-state index in [2.05, 4.69) is 0 Å². The lowest BCUT2D eigenvalue weighted by molar-refractivity contribution is 0.414. The summed E-state index contributed by atoms with van der Waals surface area (Å²) >= 11 is 0. The topological polar surface area (TPSA) is 68.2 Å². The van der Waals surface area contributed by atoms with Gasteiger partial charge in [-0.25, -0.2) is 0 Å². The van der Waals surface area contributed by atoms with E-state index in [-0.39, 0.29) is 0 Å². The molecule has 0 saturated heterocycles. The zero-order chi connectivity index (χ0) is 19.6. The molecule has 0 unspecified atom stereocenters. The van der Waals surface area contributed by atoms with Gasteiger partial charge in [0.2, 0.25) is 0 Å². The molecule has 0 aliphatic heterocycles. The first kappa shape index (κ1) is 20.4. The predicted molar refractivity (Wildman–Crippen MR) is 108 cm³/mol. The van der Waals surface area contributed by atoms with E-state index in [1.807, 2.05) is 48.5 Å². The molecule has 140 valence electrons. The SMILES string of the molecule is COc1ccc(-c2ccc(OC)cc2)cc1.COc1ccc(B(O)O)cc1. The normalized spacial score (nSPS) is 9.67. The Hall–Kier alpha value is -2.96. The quantitative estimate of drug-likeness (QED) is 0.680. The van der Waals surface area contributed by atoms with Gasteiger partial charge >= 0.3 is 7.12 Å². The van der Waals surface area contributed by atoms with Crippen LogP contribution in [0.2, 0.25) is 0 Å². The molecule has 0 bridgehead atoms. The van der Waals surface area contributed by atoms with Crippen LogP contribution in [0.4, 0.5) is 0 Å².